The Morgan fingerprint density at radius 2 is 2.26 bits per heavy atom. The van der Waals surface area contributed by atoms with Crippen molar-refractivity contribution in [2.45, 2.75) is 45.1 Å². The van der Waals surface area contributed by atoms with Crippen LogP contribution in [0.1, 0.15) is 44.9 Å². The minimum absolute atomic E-state index is 0.00967. The average molecular weight is 327 g/mol. The molecule has 104 valence electrons. The van der Waals surface area contributed by atoms with E-state index in [1.807, 2.05) is 13.8 Å². The van der Waals surface area contributed by atoms with Crippen molar-refractivity contribution in [2.75, 3.05) is 11.9 Å². The molecular formula is C13H19BrN4O. The predicted octanol–water partition coefficient (Wildman–Crippen LogP) is 2.44. The maximum absolute atomic E-state index is 11.8. The van der Waals surface area contributed by atoms with Crippen molar-refractivity contribution < 1.29 is 4.79 Å². The molecule has 2 N–H and O–H groups in total. The van der Waals surface area contributed by atoms with Crippen LogP contribution in [0.15, 0.2) is 10.7 Å². The molecule has 1 unspecified atom stereocenters. The first-order chi connectivity index (χ1) is 9.10. The molecule has 1 amide bonds. The van der Waals surface area contributed by atoms with Crippen molar-refractivity contribution in [3.8, 4) is 0 Å². The minimum atomic E-state index is -0.305. The number of amides is 1. The standard InChI is InChI=1S/C13H19BrN4O/c1-3-6-15-13(19)8(2)16-11-7-10(14)17-12(18-11)9-4-5-9/h7-9H,3-6H2,1-2H3,(H,15,19)(H,16,17,18). The molecule has 0 aromatic carbocycles. The molecule has 1 aromatic heterocycles. The third-order valence-corrected chi connectivity index (χ3v) is 3.37. The molecule has 2 rings (SSSR count). The van der Waals surface area contributed by atoms with Crippen LogP contribution in [0, 0.1) is 0 Å². The molecule has 0 spiro atoms. The van der Waals surface area contributed by atoms with Gasteiger partial charge in [0.1, 0.15) is 22.3 Å². The third kappa shape index (κ3) is 4.16. The van der Waals surface area contributed by atoms with Crippen molar-refractivity contribution in [1.29, 1.82) is 0 Å². The zero-order chi connectivity index (χ0) is 13.8. The fraction of sp³-hybridized carbons (Fsp3) is 0.615. The Hall–Kier alpha value is -1.17. The van der Waals surface area contributed by atoms with Gasteiger partial charge in [0.05, 0.1) is 0 Å². The summed E-state index contributed by atoms with van der Waals surface area (Å²) in [7, 11) is 0. The van der Waals surface area contributed by atoms with Gasteiger partial charge in [0.25, 0.3) is 0 Å². The molecule has 5 nitrogen and oxygen atoms in total. The van der Waals surface area contributed by atoms with E-state index in [1.165, 1.54) is 0 Å². The van der Waals surface area contributed by atoms with Gasteiger partial charge >= 0.3 is 0 Å². The molecule has 0 bridgehead atoms. The Labute approximate surface area is 121 Å². The van der Waals surface area contributed by atoms with Gasteiger partial charge in [-0.15, -0.1) is 0 Å². The summed E-state index contributed by atoms with van der Waals surface area (Å²) in [6.07, 6.45) is 3.24. The molecule has 6 heteroatoms. The van der Waals surface area contributed by atoms with E-state index >= 15 is 0 Å². The van der Waals surface area contributed by atoms with Gasteiger partial charge in [-0.1, -0.05) is 6.92 Å². The van der Waals surface area contributed by atoms with E-state index in [1.54, 1.807) is 6.07 Å². The summed E-state index contributed by atoms with van der Waals surface area (Å²) in [4.78, 5) is 20.6. The molecule has 1 saturated carbocycles. The first kappa shape index (κ1) is 14.2. The molecule has 0 aliphatic heterocycles. The van der Waals surface area contributed by atoms with Gasteiger partial charge in [-0.3, -0.25) is 4.79 Å². The summed E-state index contributed by atoms with van der Waals surface area (Å²) < 4.78 is 0.757. The normalized spacial score (nSPS) is 15.9. The summed E-state index contributed by atoms with van der Waals surface area (Å²) >= 11 is 3.39. The highest BCUT2D eigenvalue weighted by Gasteiger charge is 2.27. The fourth-order valence-electron chi connectivity index (χ4n) is 1.72. The average Bonchev–Trinajstić information content (AvgIpc) is 3.19. The number of hydrogen-bond donors (Lipinski definition) is 2. The Balaban J connectivity index is 1.99. The number of anilines is 1. The number of carbonyl (C=O) groups is 1. The van der Waals surface area contributed by atoms with Gasteiger partial charge < -0.3 is 10.6 Å². The summed E-state index contributed by atoms with van der Waals surface area (Å²) in [6, 6.07) is 1.50. The summed E-state index contributed by atoms with van der Waals surface area (Å²) in [6.45, 7) is 4.56. The van der Waals surface area contributed by atoms with E-state index in [9.17, 15) is 4.79 Å². The molecule has 0 saturated heterocycles. The molecule has 1 aliphatic rings. The topological polar surface area (TPSA) is 66.9 Å². The number of nitrogens with zero attached hydrogens (tertiary/aromatic N) is 2. The van der Waals surface area contributed by atoms with E-state index in [-0.39, 0.29) is 11.9 Å². The van der Waals surface area contributed by atoms with E-state index in [4.69, 9.17) is 0 Å². The second-order valence-electron chi connectivity index (χ2n) is 4.87. The highest BCUT2D eigenvalue weighted by Crippen LogP contribution is 2.38. The van der Waals surface area contributed by atoms with E-state index in [0.29, 0.717) is 18.3 Å². The van der Waals surface area contributed by atoms with Gasteiger partial charge in [-0.05, 0) is 42.1 Å². The molecule has 1 fully saturated rings. The Morgan fingerprint density at radius 3 is 2.89 bits per heavy atom. The Bertz CT molecular complexity index is 462. The fourth-order valence-corrected chi connectivity index (χ4v) is 2.12. The van der Waals surface area contributed by atoms with E-state index in [0.717, 1.165) is 29.7 Å². The quantitative estimate of drug-likeness (QED) is 0.788. The molecule has 1 aromatic rings. The van der Waals surface area contributed by atoms with Crippen LogP contribution in [0.5, 0.6) is 0 Å². The Kier molecular flexibility index (Phi) is 4.74. The van der Waals surface area contributed by atoms with Gasteiger partial charge in [-0.25, -0.2) is 9.97 Å². The molecular weight excluding hydrogens is 308 g/mol. The van der Waals surface area contributed by atoms with E-state index < -0.39 is 0 Å². The molecule has 1 atom stereocenters. The maximum Gasteiger partial charge on any atom is 0.242 e. The number of carbonyl (C=O) groups excluding carboxylic acids is 1. The smallest absolute Gasteiger partial charge is 0.242 e. The molecule has 19 heavy (non-hydrogen) atoms. The monoisotopic (exact) mass is 326 g/mol. The number of nitrogens with one attached hydrogen (secondary N) is 2. The summed E-state index contributed by atoms with van der Waals surface area (Å²) in [5.74, 6) is 2.03. The third-order valence-electron chi connectivity index (χ3n) is 2.96. The highest BCUT2D eigenvalue weighted by molar-refractivity contribution is 9.10. The number of hydrogen-bond acceptors (Lipinski definition) is 4. The first-order valence-corrected chi connectivity index (χ1v) is 7.48. The Morgan fingerprint density at radius 1 is 1.53 bits per heavy atom. The van der Waals surface area contributed by atoms with Gasteiger partial charge in [0, 0.05) is 18.5 Å². The molecule has 1 aliphatic carbocycles. The van der Waals surface area contributed by atoms with Crippen molar-refractivity contribution in [3.63, 3.8) is 0 Å². The van der Waals surface area contributed by atoms with Crippen LogP contribution in [-0.4, -0.2) is 28.5 Å². The molecule has 1 heterocycles. The predicted molar refractivity (Wildman–Crippen MR) is 78.1 cm³/mol. The van der Waals surface area contributed by atoms with Gasteiger partial charge in [0.15, 0.2) is 0 Å². The number of aromatic nitrogens is 2. The number of rotatable bonds is 6. The van der Waals surface area contributed by atoms with Gasteiger partial charge in [-0.2, -0.15) is 0 Å². The number of halogens is 1. The van der Waals surface area contributed by atoms with Crippen molar-refractivity contribution in [1.82, 2.24) is 15.3 Å². The van der Waals surface area contributed by atoms with Crippen molar-refractivity contribution in [2.24, 2.45) is 0 Å². The zero-order valence-electron chi connectivity index (χ0n) is 11.2. The highest BCUT2D eigenvalue weighted by atomic mass is 79.9. The van der Waals surface area contributed by atoms with E-state index in [2.05, 4.69) is 36.5 Å². The molecule has 0 radical (unpaired) electrons. The summed E-state index contributed by atoms with van der Waals surface area (Å²) in [5, 5.41) is 5.98. The van der Waals surface area contributed by atoms with Crippen molar-refractivity contribution >= 4 is 27.7 Å². The SMILES string of the molecule is CCCNC(=O)C(C)Nc1cc(Br)nc(C2CC2)n1. The van der Waals surface area contributed by atoms with Gasteiger partial charge in [0.2, 0.25) is 5.91 Å². The lowest BCUT2D eigenvalue weighted by Crippen LogP contribution is -2.38. The van der Waals surface area contributed by atoms with Crippen LogP contribution >= 0.6 is 15.9 Å². The zero-order valence-corrected chi connectivity index (χ0v) is 12.8. The lowest BCUT2D eigenvalue weighted by atomic mass is 10.3. The lowest BCUT2D eigenvalue weighted by Gasteiger charge is -2.15. The first-order valence-electron chi connectivity index (χ1n) is 6.69. The van der Waals surface area contributed by atoms with Crippen LogP contribution in [0.3, 0.4) is 0 Å². The van der Waals surface area contributed by atoms with Crippen LogP contribution in [0.2, 0.25) is 0 Å². The second kappa shape index (κ2) is 6.32. The summed E-state index contributed by atoms with van der Waals surface area (Å²) in [5.41, 5.74) is 0. The second-order valence-corrected chi connectivity index (χ2v) is 5.68. The minimum Gasteiger partial charge on any atom is -0.358 e. The van der Waals surface area contributed by atoms with Crippen LogP contribution in [-0.2, 0) is 4.79 Å². The van der Waals surface area contributed by atoms with Crippen LogP contribution in [0.25, 0.3) is 0 Å². The van der Waals surface area contributed by atoms with Crippen LogP contribution in [0.4, 0.5) is 5.82 Å². The van der Waals surface area contributed by atoms with Crippen molar-refractivity contribution in [3.05, 3.63) is 16.5 Å². The maximum atomic E-state index is 11.8. The largest absolute Gasteiger partial charge is 0.358 e. The lowest BCUT2D eigenvalue weighted by molar-refractivity contribution is -0.121. The van der Waals surface area contributed by atoms with Crippen LogP contribution < -0.4 is 10.6 Å².